The number of carboxylic acids is 1. The van der Waals surface area contributed by atoms with Crippen LogP contribution < -0.4 is 10.1 Å². The first kappa shape index (κ1) is 14.3. The standard InChI is InChI=1S/C14H16N2O3S/c1-2-7-19-12-5-3-10(4-6-12)15-14-16-11(9-20-14)8-13(17)18/h3-6,9H,2,7-8H2,1H3,(H,15,16)(H,17,18). The lowest BCUT2D eigenvalue weighted by Crippen LogP contribution is -2.00. The Kier molecular flexibility index (Phi) is 4.95. The summed E-state index contributed by atoms with van der Waals surface area (Å²) in [5.41, 5.74) is 1.46. The largest absolute Gasteiger partial charge is 0.494 e. The number of aliphatic carboxylic acids is 1. The number of carboxylic acid groups (broad SMARTS) is 1. The van der Waals surface area contributed by atoms with Crippen molar-refractivity contribution >= 4 is 28.1 Å². The SMILES string of the molecule is CCCOc1ccc(Nc2nc(CC(=O)O)cs2)cc1. The summed E-state index contributed by atoms with van der Waals surface area (Å²) in [5, 5.41) is 14.3. The summed E-state index contributed by atoms with van der Waals surface area (Å²) in [6, 6.07) is 7.60. The van der Waals surface area contributed by atoms with Crippen molar-refractivity contribution in [1.82, 2.24) is 4.98 Å². The highest BCUT2D eigenvalue weighted by Crippen LogP contribution is 2.23. The monoisotopic (exact) mass is 292 g/mol. The first-order chi connectivity index (χ1) is 9.67. The molecule has 20 heavy (non-hydrogen) atoms. The minimum Gasteiger partial charge on any atom is -0.494 e. The molecular weight excluding hydrogens is 276 g/mol. The Morgan fingerprint density at radius 3 is 2.80 bits per heavy atom. The molecule has 0 spiro atoms. The Balaban J connectivity index is 1.95. The molecule has 5 nitrogen and oxygen atoms in total. The van der Waals surface area contributed by atoms with E-state index in [9.17, 15) is 4.79 Å². The first-order valence-electron chi connectivity index (χ1n) is 6.33. The first-order valence-corrected chi connectivity index (χ1v) is 7.21. The smallest absolute Gasteiger partial charge is 0.309 e. The van der Waals surface area contributed by atoms with E-state index >= 15 is 0 Å². The average Bonchev–Trinajstić information content (AvgIpc) is 2.84. The Bertz CT molecular complexity index is 566. The number of rotatable bonds is 7. The van der Waals surface area contributed by atoms with Crippen LogP contribution in [0.4, 0.5) is 10.8 Å². The fourth-order valence-corrected chi connectivity index (χ4v) is 2.31. The predicted octanol–water partition coefficient (Wildman–Crippen LogP) is 3.30. The molecule has 6 heteroatoms. The van der Waals surface area contributed by atoms with Crippen LogP contribution in [0.2, 0.25) is 0 Å². The molecular formula is C14H16N2O3S. The van der Waals surface area contributed by atoms with Gasteiger partial charge in [0, 0.05) is 11.1 Å². The number of hydrogen-bond donors (Lipinski definition) is 2. The molecule has 0 bridgehead atoms. The normalized spacial score (nSPS) is 10.2. The van der Waals surface area contributed by atoms with Crippen LogP contribution in [0, 0.1) is 0 Å². The highest BCUT2D eigenvalue weighted by molar-refractivity contribution is 7.13. The molecule has 1 heterocycles. The van der Waals surface area contributed by atoms with Gasteiger partial charge in [-0.3, -0.25) is 4.79 Å². The molecule has 2 rings (SSSR count). The molecule has 1 aromatic carbocycles. The van der Waals surface area contributed by atoms with Gasteiger partial charge in [0.25, 0.3) is 0 Å². The lowest BCUT2D eigenvalue weighted by atomic mass is 10.3. The number of ether oxygens (including phenoxy) is 1. The van der Waals surface area contributed by atoms with E-state index in [0.717, 1.165) is 17.9 Å². The van der Waals surface area contributed by atoms with Crippen LogP contribution in [0.1, 0.15) is 19.0 Å². The van der Waals surface area contributed by atoms with E-state index < -0.39 is 5.97 Å². The number of hydrogen-bond acceptors (Lipinski definition) is 5. The molecule has 0 unspecified atom stereocenters. The van der Waals surface area contributed by atoms with Gasteiger partial charge >= 0.3 is 5.97 Å². The lowest BCUT2D eigenvalue weighted by molar-refractivity contribution is -0.136. The molecule has 0 saturated carbocycles. The van der Waals surface area contributed by atoms with Crippen molar-refractivity contribution in [2.45, 2.75) is 19.8 Å². The third kappa shape index (κ3) is 4.24. The zero-order valence-corrected chi connectivity index (χ0v) is 11.9. The Labute approximate surface area is 121 Å². The van der Waals surface area contributed by atoms with E-state index in [4.69, 9.17) is 9.84 Å². The Morgan fingerprint density at radius 1 is 1.40 bits per heavy atom. The van der Waals surface area contributed by atoms with Crippen LogP contribution in [0.5, 0.6) is 5.75 Å². The van der Waals surface area contributed by atoms with Gasteiger partial charge in [0.1, 0.15) is 5.75 Å². The van der Waals surface area contributed by atoms with Gasteiger partial charge in [-0.15, -0.1) is 11.3 Å². The molecule has 1 aromatic heterocycles. The van der Waals surface area contributed by atoms with E-state index in [1.165, 1.54) is 11.3 Å². The molecule has 0 atom stereocenters. The van der Waals surface area contributed by atoms with Crippen molar-refractivity contribution in [2.75, 3.05) is 11.9 Å². The molecule has 2 N–H and O–H groups in total. The van der Waals surface area contributed by atoms with Crippen molar-refractivity contribution in [3.05, 3.63) is 35.3 Å². The van der Waals surface area contributed by atoms with Gasteiger partial charge in [-0.05, 0) is 30.7 Å². The number of anilines is 2. The number of nitrogens with one attached hydrogen (secondary N) is 1. The van der Waals surface area contributed by atoms with Gasteiger partial charge in [0.05, 0.1) is 18.7 Å². The molecule has 0 saturated heterocycles. The molecule has 0 fully saturated rings. The number of aromatic nitrogens is 1. The molecule has 0 aliphatic carbocycles. The molecule has 0 radical (unpaired) electrons. The van der Waals surface area contributed by atoms with Crippen molar-refractivity contribution < 1.29 is 14.6 Å². The Morgan fingerprint density at radius 2 is 2.15 bits per heavy atom. The second-order valence-corrected chi connectivity index (χ2v) is 5.07. The van der Waals surface area contributed by atoms with E-state index in [0.29, 0.717) is 17.4 Å². The van der Waals surface area contributed by atoms with Gasteiger partial charge in [0.2, 0.25) is 0 Å². The molecule has 0 aliphatic heterocycles. The zero-order chi connectivity index (χ0) is 14.4. The highest BCUT2D eigenvalue weighted by Gasteiger charge is 2.06. The van der Waals surface area contributed by atoms with Crippen molar-refractivity contribution in [3.8, 4) is 5.75 Å². The van der Waals surface area contributed by atoms with E-state index in [1.807, 2.05) is 24.3 Å². The third-order valence-electron chi connectivity index (χ3n) is 2.46. The Hall–Kier alpha value is -2.08. The molecule has 2 aromatic rings. The summed E-state index contributed by atoms with van der Waals surface area (Å²) >= 11 is 1.39. The zero-order valence-electron chi connectivity index (χ0n) is 11.1. The summed E-state index contributed by atoms with van der Waals surface area (Å²) in [7, 11) is 0. The van der Waals surface area contributed by atoms with Gasteiger partial charge < -0.3 is 15.2 Å². The molecule has 106 valence electrons. The van der Waals surface area contributed by atoms with Crippen LogP contribution in [0.3, 0.4) is 0 Å². The maximum Gasteiger partial charge on any atom is 0.309 e. The third-order valence-corrected chi connectivity index (χ3v) is 3.27. The number of thiazole rings is 1. The van der Waals surface area contributed by atoms with Crippen molar-refractivity contribution in [3.63, 3.8) is 0 Å². The maximum atomic E-state index is 10.6. The predicted molar refractivity (Wildman–Crippen MR) is 79.0 cm³/mol. The quantitative estimate of drug-likeness (QED) is 0.819. The summed E-state index contributed by atoms with van der Waals surface area (Å²) in [4.78, 5) is 14.8. The molecule has 0 aliphatic rings. The fraction of sp³-hybridized carbons (Fsp3) is 0.286. The van der Waals surface area contributed by atoms with E-state index in [-0.39, 0.29) is 6.42 Å². The minimum absolute atomic E-state index is 0.0536. The van der Waals surface area contributed by atoms with Crippen LogP contribution in [-0.2, 0) is 11.2 Å². The summed E-state index contributed by atoms with van der Waals surface area (Å²) < 4.78 is 5.50. The van der Waals surface area contributed by atoms with Crippen LogP contribution in [-0.4, -0.2) is 22.7 Å². The van der Waals surface area contributed by atoms with Gasteiger partial charge in [0.15, 0.2) is 5.13 Å². The summed E-state index contributed by atoms with van der Waals surface area (Å²) in [5.74, 6) is -0.0395. The lowest BCUT2D eigenvalue weighted by Gasteiger charge is -2.06. The van der Waals surface area contributed by atoms with Crippen LogP contribution in [0.15, 0.2) is 29.6 Å². The van der Waals surface area contributed by atoms with Crippen LogP contribution >= 0.6 is 11.3 Å². The van der Waals surface area contributed by atoms with Crippen molar-refractivity contribution in [1.29, 1.82) is 0 Å². The number of benzene rings is 1. The van der Waals surface area contributed by atoms with Gasteiger partial charge in [-0.2, -0.15) is 0 Å². The van der Waals surface area contributed by atoms with E-state index in [2.05, 4.69) is 17.2 Å². The topological polar surface area (TPSA) is 71.5 Å². The van der Waals surface area contributed by atoms with Gasteiger partial charge in [-0.25, -0.2) is 4.98 Å². The molecule has 0 amide bonds. The summed E-state index contributed by atoms with van der Waals surface area (Å²) in [6.45, 7) is 2.77. The average molecular weight is 292 g/mol. The number of carbonyl (C=O) groups is 1. The van der Waals surface area contributed by atoms with E-state index in [1.54, 1.807) is 5.38 Å². The number of nitrogens with zero attached hydrogens (tertiary/aromatic N) is 1. The second-order valence-electron chi connectivity index (χ2n) is 4.21. The fourth-order valence-electron chi connectivity index (χ4n) is 1.58. The second kappa shape index (κ2) is 6.91. The van der Waals surface area contributed by atoms with Gasteiger partial charge in [-0.1, -0.05) is 6.92 Å². The highest BCUT2D eigenvalue weighted by atomic mass is 32.1. The summed E-state index contributed by atoms with van der Waals surface area (Å²) in [6.07, 6.45) is 0.924. The van der Waals surface area contributed by atoms with Crippen molar-refractivity contribution in [2.24, 2.45) is 0 Å². The minimum atomic E-state index is -0.876. The van der Waals surface area contributed by atoms with Crippen LogP contribution in [0.25, 0.3) is 0 Å². The maximum absolute atomic E-state index is 10.6.